The Balaban J connectivity index is 2.01. The van der Waals surface area contributed by atoms with Crippen molar-refractivity contribution < 1.29 is 0 Å². The van der Waals surface area contributed by atoms with E-state index in [0.717, 1.165) is 28.5 Å². The van der Waals surface area contributed by atoms with Crippen molar-refractivity contribution >= 4 is 44.6 Å². The third-order valence-corrected chi connectivity index (χ3v) is 5.64. The summed E-state index contributed by atoms with van der Waals surface area (Å²) in [6.45, 7) is 6.84. The van der Waals surface area contributed by atoms with E-state index in [1.165, 1.54) is 20.5 Å². The summed E-state index contributed by atoms with van der Waals surface area (Å²) in [6.07, 6.45) is 1.86. The molecule has 0 unspecified atom stereocenters. The number of halogens is 2. The van der Waals surface area contributed by atoms with Crippen LogP contribution in [0, 0.1) is 5.41 Å². The minimum absolute atomic E-state index is 0.299. The van der Waals surface area contributed by atoms with Crippen LogP contribution in [0.2, 0.25) is 10.0 Å². The van der Waals surface area contributed by atoms with Crippen LogP contribution in [-0.4, -0.2) is 0 Å². The molecule has 0 bridgehead atoms. The number of thiophene rings is 1. The average molecular weight is 363 g/mol. The summed E-state index contributed by atoms with van der Waals surface area (Å²) in [7, 11) is 0. The Hall–Kier alpha value is -1.02. The van der Waals surface area contributed by atoms with Gasteiger partial charge in [-0.1, -0.05) is 62.2 Å². The first kappa shape index (κ1) is 16.8. The molecule has 0 amide bonds. The molecule has 3 heteroatoms. The number of fused-ring (bicyclic) bond motifs is 1. The highest BCUT2D eigenvalue weighted by Gasteiger charge is 2.15. The molecule has 120 valence electrons. The van der Waals surface area contributed by atoms with Gasteiger partial charge in [0, 0.05) is 26.0 Å². The normalized spacial score (nSPS) is 12.0. The Bertz CT molecular complexity index is 820. The van der Waals surface area contributed by atoms with Gasteiger partial charge in [0.15, 0.2) is 0 Å². The van der Waals surface area contributed by atoms with Crippen LogP contribution in [0.3, 0.4) is 0 Å². The van der Waals surface area contributed by atoms with Crippen LogP contribution in [0.25, 0.3) is 10.1 Å². The highest BCUT2D eigenvalue weighted by Crippen LogP contribution is 2.35. The zero-order valence-corrected chi connectivity index (χ0v) is 15.9. The first-order chi connectivity index (χ1) is 10.8. The maximum atomic E-state index is 6.34. The molecule has 3 rings (SSSR count). The highest BCUT2D eigenvalue weighted by atomic mass is 35.5. The van der Waals surface area contributed by atoms with Crippen molar-refractivity contribution in [1.82, 2.24) is 0 Å². The molecule has 0 saturated heterocycles. The first-order valence-corrected chi connectivity index (χ1v) is 9.34. The van der Waals surface area contributed by atoms with Gasteiger partial charge in [0.05, 0.1) is 0 Å². The van der Waals surface area contributed by atoms with Gasteiger partial charge in [-0.15, -0.1) is 11.3 Å². The summed E-state index contributed by atoms with van der Waals surface area (Å²) in [4.78, 5) is 1.44. The third-order valence-electron chi connectivity index (χ3n) is 3.84. The van der Waals surface area contributed by atoms with Crippen molar-refractivity contribution in [3.8, 4) is 0 Å². The van der Waals surface area contributed by atoms with E-state index in [1.54, 1.807) is 0 Å². The molecule has 1 heterocycles. The van der Waals surface area contributed by atoms with Gasteiger partial charge < -0.3 is 0 Å². The summed E-state index contributed by atoms with van der Waals surface area (Å²) in [6, 6.07) is 14.5. The number of rotatable bonds is 3. The van der Waals surface area contributed by atoms with E-state index in [-0.39, 0.29) is 0 Å². The molecule has 0 fully saturated rings. The van der Waals surface area contributed by atoms with Crippen molar-refractivity contribution in [2.45, 2.75) is 33.6 Å². The van der Waals surface area contributed by atoms with Crippen molar-refractivity contribution in [3.05, 3.63) is 68.5 Å². The minimum Gasteiger partial charge on any atom is -0.140 e. The van der Waals surface area contributed by atoms with Crippen molar-refractivity contribution in [3.63, 3.8) is 0 Å². The van der Waals surface area contributed by atoms with Gasteiger partial charge in [-0.05, 0) is 52.6 Å². The van der Waals surface area contributed by atoms with E-state index in [9.17, 15) is 0 Å². The predicted octanol–water partition coefficient (Wildman–Crippen LogP) is 7.39. The lowest BCUT2D eigenvalue weighted by molar-refractivity contribution is 0.415. The molecular formula is C20H20Cl2S. The van der Waals surface area contributed by atoms with Gasteiger partial charge in [-0.25, -0.2) is 0 Å². The van der Waals surface area contributed by atoms with Gasteiger partial charge in [0.1, 0.15) is 0 Å². The molecule has 0 nitrogen and oxygen atoms in total. The summed E-state index contributed by atoms with van der Waals surface area (Å²) in [5.41, 5.74) is 2.59. The lowest BCUT2D eigenvalue weighted by Gasteiger charge is -2.16. The maximum absolute atomic E-state index is 6.34. The zero-order valence-electron chi connectivity index (χ0n) is 13.6. The molecule has 0 saturated carbocycles. The van der Waals surface area contributed by atoms with E-state index in [1.807, 2.05) is 29.5 Å². The Morgan fingerprint density at radius 2 is 1.61 bits per heavy atom. The molecule has 1 aromatic heterocycles. The standard InChI is InChI=1S/C20H20Cl2S/c1-20(2,3)12-14-11-15-13(6-4-9-19(15)23-14)10-16-17(21)7-5-8-18(16)22/h4-9,11H,10,12H2,1-3H3. The Morgan fingerprint density at radius 3 is 2.26 bits per heavy atom. The van der Waals surface area contributed by atoms with Crippen LogP contribution in [0.15, 0.2) is 42.5 Å². The highest BCUT2D eigenvalue weighted by molar-refractivity contribution is 7.19. The van der Waals surface area contributed by atoms with Gasteiger partial charge in [0.2, 0.25) is 0 Å². The van der Waals surface area contributed by atoms with E-state index < -0.39 is 0 Å². The quantitative estimate of drug-likeness (QED) is 0.455. The molecule has 0 aliphatic heterocycles. The first-order valence-electron chi connectivity index (χ1n) is 7.77. The van der Waals surface area contributed by atoms with Gasteiger partial charge in [-0.3, -0.25) is 0 Å². The second-order valence-corrected chi connectivity index (χ2v) is 9.14. The van der Waals surface area contributed by atoms with E-state index >= 15 is 0 Å². The number of hydrogen-bond acceptors (Lipinski definition) is 1. The van der Waals surface area contributed by atoms with Crippen LogP contribution in [0.4, 0.5) is 0 Å². The molecular weight excluding hydrogens is 343 g/mol. The molecule has 0 spiro atoms. The van der Waals surface area contributed by atoms with Gasteiger partial charge in [-0.2, -0.15) is 0 Å². The molecule has 23 heavy (non-hydrogen) atoms. The molecule has 2 aromatic carbocycles. The summed E-state index contributed by atoms with van der Waals surface area (Å²) in [5.74, 6) is 0. The molecule has 0 N–H and O–H groups in total. The monoisotopic (exact) mass is 362 g/mol. The van der Waals surface area contributed by atoms with Gasteiger partial charge >= 0.3 is 0 Å². The van der Waals surface area contributed by atoms with Gasteiger partial charge in [0.25, 0.3) is 0 Å². The van der Waals surface area contributed by atoms with Crippen LogP contribution in [0.1, 0.15) is 36.8 Å². The fraction of sp³-hybridized carbons (Fsp3) is 0.300. The summed E-state index contributed by atoms with van der Waals surface area (Å²) < 4.78 is 1.34. The molecule has 0 atom stereocenters. The summed E-state index contributed by atoms with van der Waals surface area (Å²) in [5, 5.41) is 2.80. The zero-order chi connectivity index (χ0) is 16.6. The van der Waals surface area contributed by atoms with Crippen molar-refractivity contribution in [1.29, 1.82) is 0 Å². The molecule has 0 radical (unpaired) electrons. The molecule has 0 aliphatic carbocycles. The predicted molar refractivity (Wildman–Crippen MR) is 104 cm³/mol. The van der Waals surface area contributed by atoms with E-state index in [2.05, 4.69) is 45.0 Å². The Kier molecular flexibility index (Phi) is 4.73. The largest absolute Gasteiger partial charge is 0.140 e. The van der Waals surface area contributed by atoms with Crippen LogP contribution < -0.4 is 0 Å². The van der Waals surface area contributed by atoms with Crippen molar-refractivity contribution in [2.24, 2.45) is 5.41 Å². The number of hydrogen-bond donors (Lipinski definition) is 0. The van der Waals surface area contributed by atoms with Crippen LogP contribution >= 0.6 is 34.5 Å². The Morgan fingerprint density at radius 1 is 0.957 bits per heavy atom. The fourth-order valence-corrected chi connectivity index (χ4v) is 4.77. The van der Waals surface area contributed by atoms with E-state index in [0.29, 0.717) is 5.41 Å². The van der Waals surface area contributed by atoms with E-state index in [4.69, 9.17) is 23.2 Å². The lowest BCUT2D eigenvalue weighted by Crippen LogP contribution is -2.07. The molecule has 0 aliphatic rings. The average Bonchev–Trinajstić information content (AvgIpc) is 2.83. The second-order valence-electron chi connectivity index (χ2n) is 7.16. The third kappa shape index (κ3) is 3.91. The second kappa shape index (κ2) is 6.47. The van der Waals surface area contributed by atoms with Crippen LogP contribution in [0.5, 0.6) is 0 Å². The molecule has 3 aromatic rings. The summed E-state index contributed by atoms with van der Waals surface area (Å²) >= 11 is 14.6. The minimum atomic E-state index is 0.299. The Labute approximate surface area is 152 Å². The smallest absolute Gasteiger partial charge is 0.0456 e. The van der Waals surface area contributed by atoms with Crippen molar-refractivity contribution in [2.75, 3.05) is 0 Å². The lowest BCUT2D eigenvalue weighted by atomic mass is 9.91. The topological polar surface area (TPSA) is 0 Å². The number of benzene rings is 2. The fourth-order valence-electron chi connectivity index (χ4n) is 2.83. The SMILES string of the molecule is CC(C)(C)Cc1cc2c(Cc3c(Cl)cccc3Cl)cccc2s1. The maximum Gasteiger partial charge on any atom is 0.0456 e. The van der Waals surface area contributed by atoms with Crippen LogP contribution in [-0.2, 0) is 12.8 Å².